The topological polar surface area (TPSA) is 67.6 Å². The maximum atomic E-state index is 11.9. The van der Waals surface area contributed by atoms with Gasteiger partial charge in [-0.15, -0.1) is 0 Å². The number of carboxylic acids is 1. The van der Waals surface area contributed by atoms with Gasteiger partial charge in [0.25, 0.3) is 0 Å². The number of aryl methyl sites for hydroxylation is 1. The minimum atomic E-state index is -0.789. The molecular formula is C21H29N3O3. The van der Waals surface area contributed by atoms with Gasteiger partial charge in [0.05, 0.1) is 6.10 Å². The summed E-state index contributed by atoms with van der Waals surface area (Å²) in [5.74, 6) is 0.611. The van der Waals surface area contributed by atoms with Gasteiger partial charge in [0.15, 0.2) is 0 Å². The summed E-state index contributed by atoms with van der Waals surface area (Å²) in [6.07, 6.45) is 7.04. The van der Waals surface area contributed by atoms with E-state index in [1.165, 1.54) is 0 Å². The van der Waals surface area contributed by atoms with Crippen LogP contribution in [-0.2, 0) is 11.3 Å². The number of rotatable bonds is 8. The minimum absolute atomic E-state index is 0.104. The second-order valence-corrected chi connectivity index (χ2v) is 7.51. The molecule has 1 N–H and O–H groups in total. The highest BCUT2D eigenvalue weighted by Gasteiger charge is 2.30. The van der Waals surface area contributed by atoms with Gasteiger partial charge in [-0.05, 0) is 75.9 Å². The summed E-state index contributed by atoms with van der Waals surface area (Å²) in [7, 11) is 0. The molecule has 2 aromatic rings. The Labute approximate surface area is 160 Å². The Morgan fingerprint density at radius 2 is 1.96 bits per heavy atom. The van der Waals surface area contributed by atoms with Gasteiger partial charge >= 0.3 is 5.97 Å². The van der Waals surface area contributed by atoms with E-state index in [1.54, 1.807) is 6.20 Å². The molecule has 0 amide bonds. The smallest absolute Gasteiger partial charge is 0.325 e. The average molecular weight is 371 g/mol. The van der Waals surface area contributed by atoms with Gasteiger partial charge in [-0.2, -0.15) is 5.10 Å². The van der Waals surface area contributed by atoms with Crippen LogP contribution in [0.5, 0.6) is 5.75 Å². The van der Waals surface area contributed by atoms with Crippen molar-refractivity contribution in [2.24, 2.45) is 5.92 Å². The molecule has 27 heavy (non-hydrogen) atoms. The van der Waals surface area contributed by atoms with Crippen LogP contribution in [-0.4, -0.2) is 44.9 Å². The molecule has 1 fully saturated rings. The summed E-state index contributed by atoms with van der Waals surface area (Å²) in [5.41, 5.74) is 0.814. The second-order valence-electron chi connectivity index (χ2n) is 7.51. The van der Waals surface area contributed by atoms with Crippen molar-refractivity contribution in [1.29, 1.82) is 0 Å². The zero-order valence-corrected chi connectivity index (χ0v) is 16.1. The molecule has 0 unspecified atom stereocenters. The number of likely N-dealkylation sites (tertiary alicyclic amines) is 1. The normalized spacial score (nSPS) is 17.1. The largest absolute Gasteiger partial charge is 0.491 e. The van der Waals surface area contributed by atoms with Crippen molar-refractivity contribution in [3.8, 4) is 5.75 Å². The molecule has 0 aliphatic carbocycles. The van der Waals surface area contributed by atoms with Crippen LogP contribution in [0.4, 0.5) is 0 Å². The Hall–Kier alpha value is -2.34. The predicted octanol–water partition coefficient (Wildman–Crippen LogP) is 3.60. The van der Waals surface area contributed by atoms with Crippen LogP contribution < -0.4 is 4.74 Å². The number of ether oxygens (including phenoxy) is 1. The fraction of sp³-hybridized carbons (Fsp3) is 0.524. The Kier molecular flexibility index (Phi) is 6.50. The summed E-state index contributed by atoms with van der Waals surface area (Å²) < 4.78 is 7.62. The van der Waals surface area contributed by atoms with Crippen LogP contribution in [0.15, 0.2) is 42.7 Å². The summed E-state index contributed by atoms with van der Waals surface area (Å²) in [6.45, 7) is 6.50. The van der Waals surface area contributed by atoms with E-state index in [-0.39, 0.29) is 6.10 Å². The molecule has 1 aromatic heterocycles. The van der Waals surface area contributed by atoms with Crippen molar-refractivity contribution in [2.75, 3.05) is 13.1 Å². The highest BCUT2D eigenvalue weighted by Crippen LogP contribution is 2.30. The van der Waals surface area contributed by atoms with E-state index in [0.717, 1.165) is 50.2 Å². The molecule has 1 aromatic carbocycles. The van der Waals surface area contributed by atoms with E-state index in [0.29, 0.717) is 5.92 Å². The molecule has 1 saturated heterocycles. The van der Waals surface area contributed by atoms with Gasteiger partial charge in [-0.25, -0.2) is 0 Å². The number of aromatic nitrogens is 2. The molecule has 146 valence electrons. The number of aliphatic carboxylic acids is 1. The standard InChI is InChI=1S/C21H29N3O3/c1-16(2)27-19-6-4-18(5-7-19)20(21(25)26)23-13-8-17(9-14-23)10-15-24-12-3-11-22-24/h3-7,11-12,16-17,20H,8-10,13-15H2,1-2H3,(H,25,26)/t20-/m0/s1. The van der Waals surface area contributed by atoms with E-state index >= 15 is 0 Å². The minimum Gasteiger partial charge on any atom is -0.491 e. The first-order chi connectivity index (χ1) is 13.0. The van der Waals surface area contributed by atoms with Gasteiger partial charge in [-0.3, -0.25) is 14.4 Å². The molecule has 0 saturated carbocycles. The highest BCUT2D eigenvalue weighted by molar-refractivity contribution is 5.75. The molecule has 0 spiro atoms. The Morgan fingerprint density at radius 1 is 1.26 bits per heavy atom. The number of benzene rings is 1. The first kappa shape index (κ1) is 19.4. The van der Waals surface area contributed by atoms with Gasteiger partial charge in [0.1, 0.15) is 11.8 Å². The Balaban J connectivity index is 1.57. The quantitative estimate of drug-likeness (QED) is 0.768. The second kappa shape index (κ2) is 9.04. The number of carboxylic acid groups (broad SMARTS) is 1. The Morgan fingerprint density at radius 3 is 2.52 bits per heavy atom. The molecule has 6 heteroatoms. The van der Waals surface area contributed by atoms with Crippen molar-refractivity contribution in [1.82, 2.24) is 14.7 Å². The lowest BCUT2D eigenvalue weighted by molar-refractivity contribution is -0.144. The van der Waals surface area contributed by atoms with E-state index in [1.807, 2.05) is 55.1 Å². The molecule has 2 heterocycles. The van der Waals surface area contributed by atoms with Crippen molar-refractivity contribution in [2.45, 2.75) is 51.8 Å². The fourth-order valence-corrected chi connectivity index (χ4v) is 3.76. The molecule has 1 atom stereocenters. The number of piperidine rings is 1. The number of hydrogen-bond acceptors (Lipinski definition) is 4. The molecule has 0 bridgehead atoms. The zero-order valence-electron chi connectivity index (χ0n) is 16.1. The third-order valence-electron chi connectivity index (χ3n) is 5.14. The first-order valence-corrected chi connectivity index (χ1v) is 9.74. The van der Waals surface area contributed by atoms with Crippen LogP contribution in [0.25, 0.3) is 0 Å². The third-order valence-corrected chi connectivity index (χ3v) is 5.14. The summed E-state index contributed by atoms with van der Waals surface area (Å²) in [6, 6.07) is 8.83. The van der Waals surface area contributed by atoms with Crippen LogP contribution in [0.2, 0.25) is 0 Å². The molecule has 1 aliphatic heterocycles. The van der Waals surface area contributed by atoms with Crippen molar-refractivity contribution in [3.05, 3.63) is 48.3 Å². The lowest BCUT2D eigenvalue weighted by atomic mass is 9.91. The molecular weight excluding hydrogens is 342 g/mol. The van der Waals surface area contributed by atoms with Crippen LogP contribution in [0.3, 0.4) is 0 Å². The molecule has 6 nitrogen and oxygen atoms in total. The Bertz CT molecular complexity index is 705. The van der Waals surface area contributed by atoms with Crippen molar-refractivity contribution >= 4 is 5.97 Å². The van der Waals surface area contributed by atoms with Gasteiger partial charge in [0, 0.05) is 18.9 Å². The maximum Gasteiger partial charge on any atom is 0.325 e. The van der Waals surface area contributed by atoms with Crippen molar-refractivity contribution in [3.63, 3.8) is 0 Å². The predicted molar refractivity (Wildman–Crippen MR) is 104 cm³/mol. The summed E-state index contributed by atoms with van der Waals surface area (Å²) in [4.78, 5) is 14.0. The SMILES string of the molecule is CC(C)Oc1ccc([C@@H](C(=O)O)N2CCC(CCn3cccn3)CC2)cc1. The first-order valence-electron chi connectivity index (χ1n) is 9.74. The lowest BCUT2D eigenvalue weighted by Crippen LogP contribution is -2.40. The lowest BCUT2D eigenvalue weighted by Gasteiger charge is -2.36. The zero-order chi connectivity index (χ0) is 19.2. The molecule has 1 aliphatic rings. The fourth-order valence-electron chi connectivity index (χ4n) is 3.76. The van der Waals surface area contributed by atoms with Crippen LogP contribution >= 0.6 is 0 Å². The third kappa shape index (κ3) is 5.32. The van der Waals surface area contributed by atoms with Crippen LogP contribution in [0, 0.1) is 5.92 Å². The summed E-state index contributed by atoms with van der Waals surface area (Å²) in [5, 5.41) is 14.1. The van der Waals surface area contributed by atoms with E-state index < -0.39 is 12.0 Å². The number of carbonyl (C=O) groups is 1. The number of nitrogens with zero attached hydrogens (tertiary/aromatic N) is 3. The van der Waals surface area contributed by atoms with Gasteiger partial charge in [0.2, 0.25) is 0 Å². The molecule has 3 rings (SSSR count). The maximum absolute atomic E-state index is 11.9. The van der Waals surface area contributed by atoms with E-state index in [2.05, 4.69) is 10.00 Å². The highest BCUT2D eigenvalue weighted by atomic mass is 16.5. The van der Waals surface area contributed by atoms with Crippen molar-refractivity contribution < 1.29 is 14.6 Å². The average Bonchev–Trinajstić information content (AvgIpc) is 3.15. The van der Waals surface area contributed by atoms with Gasteiger partial charge < -0.3 is 9.84 Å². The monoisotopic (exact) mass is 371 g/mol. The molecule has 0 radical (unpaired) electrons. The van der Waals surface area contributed by atoms with E-state index in [9.17, 15) is 9.90 Å². The van der Waals surface area contributed by atoms with Gasteiger partial charge in [-0.1, -0.05) is 12.1 Å². The van der Waals surface area contributed by atoms with E-state index in [4.69, 9.17) is 4.74 Å². The number of hydrogen-bond donors (Lipinski definition) is 1. The van der Waals surface area contributed by atoms with Crippen LogP contribution in [0.1, 0.15) is 44.7 Å². The summed E-state index contributed by atoms with van der Waals surface area (Å²) >= 11 is 0.